The van der Waals surface area contributed by atoms with Gasteiger partial charge in [-0.25, -0.2) is 9.78 Å². The van der Waals surface area contributed by atoms with Crippen LogP contribution in [0.1, 0.15) is 11.3 Å². The molecule has 0 aliphatic carbocycles. The predicted molar refractivity (Wildman–Crippen MR) is 113 cm³/mol. The van der Waals surface area contributed by atoms with Crippen LogP contribution in [0.2, 0.25) is 0 Å². The third-order valence-electron chi connectivity index (χ3n) is 5.06. The van der Waals surface area contributed by atoms with Crippen molar-refractivity contribution in [3.8, 4) is 11.3 Å². The van der Waals surface area contributed by atoms with Crippen molar-refractivity contribution in [2.75, 3.05) is 25.0 Å². The summed E-state index contributed by atoms with van der Waals surface area (Å²) in [7, 11) is 2.00. The number of carbonyl (C=O) groups is 1. The number of aliphatic carboxylic acids is 1. The average molecular weight is 502 g/mol. The number of benzene rings is 1. The van der Waals surface area contributed by atoms with Crippen molar-refractivity contribution < 1.29 is 36.2 Å². The van der Waals surface area contributed by atoms with E-state index in [0.717, 1.165) is 41.8 Å². The normalized spacial score (nSPS) is 14.0. The van der Waals surface area contributed by atoms with E-state index in [0.29, 0.717) is 6.04 Å². The second kappa shape index (κ2) is 10.3. The van der Waals surface area contributed by atoms with E-state index < -0.39 is 24.0 Å². The molecule has 3 aromatic rings. The van der Waals surface area contributed by atoms with Crippen molar-refractivity contribution in [3.63, 3.8) is 0 Å². The highest BCUT2D eigenvalue weighted by atomic mass is 19.4. The van der Waals surface area contributed by atoms with Crippen LogP contribution in [0, 0.1) is 0 Å². The Hall–Kier alpha value is -3.68. The number of hydrogen-bond donors (Lipinski definition) is 2. The van der Waals surface area contributed by atoms with Crippen molar-refractivity contribution in [2.45, 2.75) is 24.9 Å². The molecule has 2 N–H and O–H groups in total. The molecule has 8 nitrogen and oxygen atoms in total. The number of carboxylic acids is 1. The number of likely N-dealkylation sites (N-methyl/N-ethyl adjacent to an activating group) is 1. The minimum absolute atomic E-state index is 0.263. The van der Waals surface area contributed by atoms with Crippen LogP contribution < -0.4 is 10.2 Å². The number of nitrogens with one attached hydrogen (secondary N) is 1. The number of anilines is 1. The van der Waals surface area contributed by atoms with Crippen LogP contribution in [0.15, 0.2) is 48.9 Å². The minimum atomic E-state index is -5.08. The van der Waals surface area contributed by atoms with Gasteiger partial charge in [-0.05, 0) is 11.6 Å². The van der Waals surface area contributed by atoms with Crippen molar-refractivity contribution in [2.24, 2.45) is 0 Å². The third kappa shape index (κ3) is 6.91. The van der Waals surface area contributed by atoms with E-state index in [4.69, 9.17) is 9.90 Å². The topological polar surface area (TPSA) is 96.2 Å². The van der Waals surface area contributed by atoms with Gasteiger partial charge in [-0.3, -0.25) is 9.67 Å². The maximum atomic E-state index is 12.7. The SMILES string of the molecule is CN(c1cncc(-c2ccc(Cn3ccc(C(F)(F)F)n3)cc2)n1)C1CNC1.O=C(O)C(F)(F)F. The van der Waals surface area contributed by atoms with Crippen LogP contribution >= 0.6 is 0 Å². The summed E-state index contributed by atoms with van der Waals surface area (Å²) in [4.78, 5) is 20.0. The summed E-state index contributed by atoms with van der Waals surface area (Å²) in [6, 6.07) is 8.90. The third-order valence-corrected chi connectivity index (χ3v) is 5.06. The second-order valence-electron chi connectivity index (χ2n) is 7.58. The lowest BCUT2D eigenvalue weighted by Crippen LogP contribution is -2.56. The number of carboxylic acid groups (broad SMARTS) is 1. The largest absolute Gasteiger partial charge is 0.490 e. The molecular weight excluding hydrogens is 482 g/mol. The van der Waals surface area contributed by atoms with E-state index in [1.807, 2.05) is 31.3 Å². The van der Waals surface area contributed by atoms with Crippen LogP contribution in [-0.2, 0) is 17.5 Å². The highest BCUT2D eigenvalue weighted by Crippen LogP contribution is 2.27. The van der Waals surface area contributed by atoms with Crippen LogP contribution in [0.4, 0.5) is 32.2 Å². The number of alkyl halides is 6. The predicted octanol–water partition coefficient (Wildman–Crippen LogP) is 3.45. The van der Waals surface area contributed by atoms with E-state index in [1.54, 1.807) is 12.4 Å². The molecule has 1 aliphatic heterocycles. The first-order chi connectivity index (χ1) is 16.3. The van der Waals surface area contributed by atoms with Gasteiger partial charge in [0, 0.05) is 31.9 Å². The molecule has 0 radical (unpaired) electrons. The van der Waals surface area contributed by atoms with Gasteiger partial charge in [0.15, 0.2) is 5.69 Å². The Morgan fingerprint density at radius 2 is 1.74 bits per heavy atom. The lowest BCUT2D eigenvalue weighted by Gasteiger charge is -2.36. The Bertz CT molecular complexity index is 1140. The quantitative estimate of drug-likeness (QED) is 0.516. The van der Waals surface area contributed by atoms with Gasteiger partial charge in [0.05, 0.1) is 30.7 Å². The molecule has 0 bridgehead atoms. The molecule has 1 aromatic carbocycles. The summed E-state index contributed by atoms with van der Waals surface area (Å²) in [6.45, 7) is 2.13. The molecule has 4 rings (SSSR count). The molecule has 1 saturated heterocycles. The Morgan fingerprint density at radius 3 is 2.23 bits per heavy atom. The highest BCUT2D eigenvalue weighted by Gasteiger charge is 2.38. The lowest BCUT2D eigenvalue weighted by molar-refractivity contribution is -0.192. The van der Waals surface area contributed by atoms with Gasteiger partial charge in [-0.2, -0.15) is 31.4 Å². The summed E-state index contributed by atoms with van der Waals surface area (Å²) in [5.41, 5.74) is 1.61. The van der Waals surface area contributed by atoms with Crippen LogP contribution in [0.25, 0.3) is 11.3 Å². The van der Waals surface area contributed by atoms with E-state index in [9.17, 15) is 26.3 Å². The van der Waals surface area contributed by atoms with Crippen molar-refractivity contribution >= 4 is 11.8 Å². The van der Waals surface area contributed by atoms with Crippen molar-refractivity contribution in [3.05, 3.63) is 60.2 Å². The van der Waals surface area contributed by atoms with Crippen LogP contribution in [-0.4, -0.2) is 63.2 Å². The van der Waals surface area contributed by atoms with Gasteiger partial charge in [-0.1, -0.05) is 24.3 Å². The molecule has 0 atom stereocenters. The first kappa shape index (κ1) is 25.9. The van der Waals surface area contributed by atoms with E-state index in [-0.39, 0.29) is 6.54 Å². The maximum Gasteiger partial charge on any atom is 0.490 e. The molecule has 188 valence electrons. The zero-order chi connectivity index (χ0) is 25.8. The van der Waals surface area contributed by atoms with Gasteiger partial charge in [0.1, 0.15) is 5.82 Å². The summed E-state index contributed by atoms with van der Waals surface area (Å²) in [5.74, 6) is -1.95. The second-order valence-corrected chi connectivity index (χ2v) is 7.58. The highest BCUT2D eigenvalue weighted by molar-refractivity contribution is 5.73. The number of aromatic nitrogens is 4. The molecule has 2 aromatic heterocycles. The molecule has 0 amide bonds. The van der Waals surface area contributed by atoms with Crippen LogP contribution in [0.5, 0.6) is 0 Å². The zero-order valence-corrected chi connectivity index (χ0v) is 18.2. The summed E-state index contributed by atoms with van der Waals surface area (Å²) in [6.07, 6.45) is -4.74. The number of nitrogens with zero attached hydrogens (tertiary/aromatic N) is 5. The molecule has 0 unspecified atom stereocenters. The van der Waals surface area contributed by atoms with Gasteiger partial charge < -0.3 is 15.3 Å². The fourth-order valence-electron chi connectivity index (χ4n) is 2.97. The van der Waals surface area contributed by atoms with Crippen molar-refractivity contribution in [1.29, 1.82) is 0 Å². The van der Waals surface area contributed by atoms with Gasteiger partial charge in [-0.15, -0.1) is 0 Å². The summed E-state index contributed by atoms with van der Waals surface area (Å²) >= 11 is 0. The maximum absolute atomic E-state index is 12.7. The first-order valence-electron chi connectivity index (χ1n) is 10.1. The van der Waals surface area contributed by atoms with Crippen molar-refractivity contribution in [1.82, 2.24) is 25.1 Å². The molecule has 1 fully saturated rings. The fourth-order valence-corrected chi connectivity index (χ4v) is 2.97. The average Bonchev–Trinajstić information content (AvgIpc) is 3.22. The Kier molecular flexibility index (Phi) is 7.63. The van der Waals surface area contributed by atoms with E-state index in [2.05, 4.69) is 25.3 Å². The number of halogens is 6. The molecule has 0 saturated carbocycles. The van der Waals surface area contributed by atoms with Gasteiger partial charge >= 0.3 is 18.3 Å². The minimum Gasteiger partial charge on any atom is -0.475 e. The monoisotopic (exact) mass is 502 g/mol. The smallest absolute Gasteiger partial charge is 0.475 e. The Balaban J connectivity index is 0.000000429. The Labute approximate surface area is 195 Å². The number of rotatable bonds is 5. The van der Waals surface area contributed by atoms with Gasteiger partial charge in [0.25, 0.3) is 0 Å². The zero-order valence-electron chi connectivity index (χ0n) is 18.2. The summed E-state index contributed by atoms with van der Waals surface area (Å²) in [5, 5.41) is 13.9. The number of hydrogen-bond acceptors (Lipinski definition) is 6. The van der Waals surface area contributed by atoms with Gasteiger partial charge in [0.2, 0.25) is 0 Å². The molecule has 35 heavy (non-hydrogen) atoms. The molecular formula is C21H20F6N6O2. The molecule has 0 spiro atoms. The standard InChI is InChI=1S/C19H19F3N6.C2HF3O2/c1-27(15-8-23-9-15)18-11-24-10-16(25-18)14-4-2-13(3-5-14)12-28-7-6-17(26-28)19(20,21)22;3-2(4,5)1(6)7/h2-7,10-11,15,23H,8-9,12H2,1H3;(H,6,7). The van der Waals surface area contributed by atoms with E-state index >= 15 is 0 Å². The Morgan fingerprint density at radius 1 is 1.11 bits per heavy atom. The first-order valence-corrected chi connectivity index (χ1v) is 10.1. The molecule has 1 aliphatic rings. The molecule has 14 heteroatoms. The molecule has 3 heterocycles. The van der Waals surface area contributed by atoms with Crippen LogP contribution in [0.3, 0.4) is 0 Å². The van der Waals surface area contributed by atoms with E-state index in [1.165, 1.54) is 10.9 Å². The summed E-state index contributed by atoms with van der Waals surface area (Å²) < 4.78 is 71.0. The fraction of sp³-hybridized carbons (Fsp3) is 0.333. The lowest BCUT2D eigenvalue weighted by atomic mass is 10.1.